The Hall–Kier alpha value is -1.43. The summed E-state index contributed by atoms with van der Waals surface area (Å²) in [6, 6.07) is 0.460. The van der Waals surface area contributed by atoms with E-state index < -0.39 is 5.97 Å². The smallest absolute Gasteiger partial charge is 0.356 e. The van der Waals surface area contributed by atoms with E-state index in [1.807, 2.05) is 0 Å². The Morgan fingerprint density at radius 3 is 2.50 bits per heavy atom. The number of hydrogen-bond donors (Lipinski definition) is 1. The van der Waals surface area contributed by atoms with E-state index in [-0.39, 0.29) is 16.4 Å². The summed E-state index contributed by atoms with van der Waals surface area (Å²) in [5.41, 5.74) is -0.104. The van der Waals surface area contributed by atoms with Crippen LogP contribution in [-0.4, -0.2) is 34.4 Å². The zero-order valence-corrected chi connectivity index (χ0v) is 12.9. The van der Waals surface area contributed by atoms with Crippen molar-refractivity contribution in [2.24, 2.45) is 5.92 Å². The number of thiazole rings is 1. The maximum Gasteiger partial charge on any atom is 0.356 e. The molecule has 0 aromatic carbocycles. The molecule has 1 aromatic heterocycles. The topological polar surface area (TPSA) is 70.5 Å². The predicted molar refractivity (Wildman–Crippen MR) is 78.9 cm³/mol. The van der Waals surface area contributed by atoms with Crippen LogP contribution in [0.4, 0.5) is 5.13 Å². The lowest BCUT2D eigenvalue weighted by Gasteiger charge is -2.22. The first-order valence-corrected chi connectivity index (χ1v) is 7.73. The monoisotopic (exact) mass is 296 g/mol. The van der Waals surface area contributed by atoms with Crippen LogP contribution < -0.4 is 4.90 Å². The highest BCUT2D eigenvalue weighted by Gasteiger charge is 2.32. The molecule has 0 bridgehead atoms. The van der Waals surface area contributed by atoms with Gasteiger partial charge in [0.1, 0.15) is 4.88 Å². The van der Waals surface area contributed by atoms with Crippen molar-refractivity contribution in [1.29, 1.82) is 0 Å². The fourth-order valence-electron chi connectivity index (χ4n) is 2.03. The first kappa shape index (κ1) is 15.0. The van der Waals surface area contributed by atoms with E-state index in [1.165, 1.54) is 18.3 Å². The molecule has 1 fully saturated rings. The van der Waals surface area contributed by atoms with Crippen molar-refractivity contribution in [2.75, 3.05) is 11.4 Å². The SMILES string of the molecule is CC(=O)c1sc(N(CCC(C)C)C2CC2)nc1C(=O)O. The van der Waals surface area contributed by atoms with Crippen molar-refractivity contribution in [2.45, 2.75) is 46.1 Å². The minimum atomic E-state index is -1.13. The molecule has 1 aliphatic rings. The number of carboxylic acids is 1. The molecule has 6 heteroatoms. The van der Waals surface area contributed by atoms with Gasteiger partial charge in [-0.25, -0.2) is 9.78 Å². The number of Topliss-reactive ketones (excluding diaryl/α,β-unsaturated/α-hetero) is 1. The second-order valence-corrected chi connectivity index (χ2v) is 6.62. The minimum absolute atomic E-state index is 0.104. The Bertz CT molecular complexity index is 489. The molecule has 110 valence electrons. The van der Waals surface area contributed by atoms with Crippen LogP contribution in [0.1, 0.15) is 60.2 Å². The van der Waals surface area contributed by atoms with Gasteiger partial charge in [0, 0.05) is 19.5 Å². The molecule has 0 aliphatic heterocycles. The molecule has 2 rings (SSSR count). The summed E-state index contributed by atoms with van der Waals surface area (Å²) >= 11 is 1.21. The molecule has 1 aromatic rings. The minimum Gasteiger partial charge on any atom is -0.476 e. The highest BCUT2D eigenvalue weighted by atomic mass is 32.1. The standard InChI is InChI=1S/C14H20N2O3S/c1-8(2)6-7-16(10-4-5-10)14-15-11(13(18)19)12(20-14)9(3)17/h8,10H,4-7H2,1-3H3,(H,18,19). The Morgan fingerprint density at radius 1 is 1.45 bits per heavy atom. The van der Waals surface area contributed by atoms with E-state index >= 15 is 0 Å². The number of carbonyl (C=O) groups excluding carboxylic acids is 1. The summed E-state index contributed by atoms with van der Waals surface area (Å²) in [7, 11) is 0. The van der Waals surface area contributed by atoms with Gasteiger partial charge in [-0.15, -0.1) is 0 Å². The number of hydrogen-bond acceptors (Lipinski definition) is 5. The van der Waals surface area contributed by atoms with Gasteiger partial charge in [-0.1, -0.05) is 25.2 Å². The zero-order chi connectivity index (χ0) is 14.9. The first-order valence-electron chi connectivity index (χ1n) is 6.91. The van der Waals surface area contributed by atoms with Crippen molar-refractivity contribution >= 4 is 28.2 Å². The summed E-state index contributed by atoms with van der Waals surface area (Å²) < 4.78 is 0. The summed E-state index contributed by atoms with van der Waals surface area (Å²) in [6.45, 7) is 6.58. The zero-order valence-electron chi connectivity index (χ0n) is 12.0. The van der Waals surface area contributed by atoms with Gasteiger partial charge >= 0.3 is 5.97 Å². The maximum atomic E-state index is 11.5. The van der Waals surface area contributed by atoms with Gasteiger partial charge in [0.25, 0.3) is 0 Å². The third-order valence-corrected chi connectivity index (χ3v) is 4.51. The highest BCUT2D eigenvalue weighted by molar-refractivity contribution is 7.17. The molecule has 1 saturated carbocycles. The van der Waals surface area contributed by atoms with Crippen LogP contribution in [0.5, 0.6) is 0 Å². The molecule has 0 amide bonds. The second kappa shape index (κ2) is 5.91. The molecule has 0 atom stereocenters. The average molecular weight is 296 g/mol. The molecular weight excluding hydrogens is 276 g/mol. The number of nitrogens with zero attached hydrogens (tertiary/aromatic N) is 2. The molecule has 5 nitrogen and oxygen atoms in total. The molecule has 0 radical (unpaired) electrons. The summed E-state index contributed by atoms with van der Waals surface area (Å²) in [6.07, 6.45) is 3.28. The Morgan fingerprint density at radius 2 is 2.10 bits per heavy atom. The average Bonchev–Trinajstić information content (AvgIpc) is 3.06. The van der Waals surface area contributed by atoms with Crippen molar-refractivity contribution < 1.29 is 14.7 Å². The lowest BCUT2D eigenvalue weighted by molar-refractivity contribution is 0.0687. The van der Waals surface area contributed by atoms with E-state index in [2.05, 4.69) is 23.7 Å². The van der Waals surface area contributed by atoms with Gasteiger partial charge in [-0.3, -0.25) is 4.79 Å². The number of carboxylic acid groups (broad SMARTS) is 1. The largest absolute Gasteiger partial charge is 0.476 e. The second-order valence-electron chi connectivity index (χ2n) is 5.64. The van der Waals surface area contributed by atoms with Crippen molar-refractivity contribution in [3.05, 3.63) is 10.6 Å². The number of aromatic nitrogens is 1. The summed E-state index contributed by atoms with van der Waals surface area (Å²) in [5.74, 6) is -0.773. The van der Waals surface area contributed by atoms with Crippen LogP contribution in [0, 0.1) is 5.92 Å². The van der Waals surface area contributed by atoms with E-state index in [1.54, 1.807) is 0 Å². The van der Waals surface area contributed by atoms with E-state index in [0.717, 1.165) is 25.8 Å². The Balaban J connectivity index is 2.26. The molecule has 0 unspecified atom stereocenters. The molecule has 1 aliphatic carbocycles. The fourth-order valence-corrected chi connectivity index (χ4v) is 3.08. The number of ketones is 1. The van der Waals surface area contributed by atoms with Crippen LogP contribution in [0.15, 0.2) is 0 Å². The van der Waals surface area contributed by atoms with Crippen LogP contribution >= 0.6 is 11.3 Å². The molecule has 20 heavy (non-hydrogen) atoms. The van der Waals surface area contributed by atoms with Crippen molar-refractivity contribution in [1.82, 2.24) is 4.98 Å². The van der Waals surface area contributed by atoms with Gasteiger partial charge in [-0.2, -0.15) is 0 Å². The summed E-state index contributed by atoms with van der Waals surface area (Å²) in [5, 5.41) is 9.83. The van der Waals surface area contributed by atoms with Crippen LogP contribution in [-0.2, 0) is 0 Å². The lowest BCUT2D eigenvalue weighted by atomic mass is 10.1. The van der Waals surface area contributed by atoms with Crippen LogP contribution in [0.2, 0.25) is 0 Å². The normalized spacial score (nSPS) is 14.6. The third kappa shape index (κ3) is 3.36. The number of rotatable bonds is 7. The van der Waals surface area contributed by atoms with Gasteiger partial charge in [0.2, 0.25) is 0 Å². The quantitative estimate of drug-likeness (QED) is 0.783. The van der Waals surface area contributed by atoms with Crippen molar-refractivity contribution in [3.63, 3.8) is 0 Å². The predicted octanol–water partition coefficient (Wildman–Crippen LogP) is 3.06. The van der Waals surface area contributed by atoms with Crippen LogP contribution in [0.3, 0.4) is 0 Å². The first-order chi connectivity index (χ1) is 9.40. The Kier molecular flexibility index (Phi) is 4.42. The fraction of sp³-hybridized carbons (Fsp3) is 0.643. The highest BCUT2D eigenvalue weighted by Crippen LogP contribution is 2.36. The number of anilines is 1. The van der Waals surface area contributed by atoms with Crippen LogP contribution in [0.25, 0.3) is 0 Å². The molecular formula is C14H20N2O3S. The van der Waals surface area contributed by atoms with Gasteiger partial charge in [0.15, 0.2) is 16.6 Å². The molecule has 0 spiro atoms. The maximum absolute atomic E-state index is 11.5. The van der Waals surface area contributed by atoms with Gasteiger partial charge in [-0.05, 0) is 25.2 Å². The van der Waals surface area contributed by atoms with E-state index in [4.69, 9.17) is 5.11 Å². The molecule has 0 saturated heterocycles. The van der Waals surface area contributed by atoms with E-state index in [9.17, 15) is 9.59 Å². The summed E-state index contributed by atoms with van der Waals surface area (Å²) in [4.78, 5) is 29.4. The van der Waals surface area contributed by atoms with Crippen molar-refractivity contribution in [3.8, 4) is 0 Å². The number of carbonyl (C=O) groups is 2. The van der Waals surface area contributed by atoms with Gasteiger partial charge in [0.05, 0.1) is 0 Å². The molecule has 1 N–H and O–H groups in total. The molecule has 1 heterocycles. The van der Waals surface area contributed by atoms with E-state index in [0.29, 0.717) is 17.1 Å². The lowest BCUT2D eigenvalue weighted by Crippen LogP contribution is -2.27. The third-order valence-electron chi connectivity index (χ3n) is 3.32. The Labute approximate surface area is 122 Å². The van der Waals surface area contributed by atoms with Gasteiger partial charge < -0.3 is 10.0 Å². The number of aromatic carboxylic acids is 1.